The molecule has 0 aromatic carbocycles. The molecule has 3 heterocycles. The Hall–Kier alpha value is -2.32. The number of hydrogen-bond donors (Lipinski definition) is 1. The molecule has 0 aliphatic carbocycles. The molecule has 0 saturated carbocycles. The maximum absolute atomic E-state index is 12.1. The third-order valence-corrected chi connectivity index (χ3v) is 3.92. The predicted molar refractivity (Wildman–Crippen MR) is 85.2 cm³/mol. The second kappa shape index (κ2) is 6.84. The summed E-state index contributed by atoms with van der Waals surface area (Å²) in [4.78, 5) is 16.1. The number of pyridine rings is 1. The molecule has 0 bridgehead atoms. The summed E-state index contributed by atoms with van der Waals surface area (Å²) in [5.74, 6) is 0.938. The van der Waals surface area contributed by atoms with Crippen LogP contribution >= 0.6 is 23.4 Å². The highest BCUT2D eigenvalue weighted by molar-refractivity contribution is 8.00. The lowest BCUT2D eigenvalue weighted by molar-refractivity contribution is -0.115. The van der Waals surface area contributed by atoms with E-state index in [9.17, 15) is 4.79 Å². The van der Waals surface area contributed by atoms with Gasteiger partial charge < -0.3 is 14.2 Å². The third-order valence-electron chi connectivity index (χ3n) is 2.76. The van der Waals surface area contributed by atoms with Crippen molar-refractivity contribution < 1.29 is 13.6 Å². The van der Waals surface area contributed by atoms with Crippen LogP contribution in [0, 0.1) is 0 Å². The van der Waals surface area contributed by atoms with E-state index < -0.39 is 5.25 Å². The number of hydrogen-bond acceptors (Lipinski definition) is 7. The molecule has 0 saturated heterocycles. The number of nitrogens with zero attached hydrogens (tertiary/aromatic N) is 3. The van der Waals surface area contributed by atoms with E-state index in [1.54, 1.807) is 31.2 Å². The van der Waals surface area contributed by atoms with Crippen LogP contribution in [-0.2, 0) is 4.79 Å². The fourth-order valence-electron chi connectivity index (χ4n) is 1.64. The lowest BCUT2D eigenvalue weighted by Crippen LogP contribution is -2.22. The molecule has 9 heteroatoms. The highest BCUT2D eigenvalue weighted by atomic mass is 35.5. The molecule has 0 fully saturated rings. The molecule has 1 N–H and O–H groups in total. The molecule has 0 aliphatic rings. The molecule has 1 amide bonds. The lowest BCUT2D eigenvalue weighted by Gasteiger charge is -2.08. The summed E-state index contributed by atoms with van der Waals surface area (Å²) >= 11 is 6.89. The molecule has 0 unspecified atom stereocenters. The summed E-state index contributed by atoms with van der Waals surface area (Å²) in [6, 6.07) is 6.71. The van der Waals surface area contributed by atoms with Gasteiger partial charge in [-0.25, -0.2) is 4.98 Å². The average molecular weight is 351 g/mol. The van der Waals surface area contributed by atoms with Crippen molar-refractivity contribution in [1.82, 2.24) is 15.2 Å². The van der Waals surface area contributed by atoms with Crippen LogP contribution in [-0.4, -0.2) is 26.3 Å². The zero-order valence-corrected chi connectivity index (χ0v) is 13.5. The van der Waals surface area contributed by atoms with Crippen LogP contribution in [0.2, 0.25) is 5.02 Å². The average Bonchev–Trinajstić information content (AvgIpc) is 3.20. The Morgan fingerprint density at radius 3 is 2.91 bits per heavy atom. The van der Waals surface area contributed by atoms with Gasteiger partial charge in [-0.3, -0.25) is 4.79 Å². The number of rotatable bonds is 5. The summed E-state index contributed by atoms with van der Waals surface area (Å²) in [5.41, 5.74) is 0. The summed E-state index contributed by atoms with van der Waals surface area (Å²) in [7, 11) is 0. The fourth-order valence-corrected chi connectivity index (χ4v) is 2.43. The summed E-state index contributed by atoms with van der Waals surface area (Å²) in [6.07, 6.45) is 2.98. The Bertz CT molecular complexity index is 789. The first-order chi connectivity index (χ1) is 11.1. The van der Waals surface area contributed by atoms with Gasteiger partial charge in [-0.15, -0.1) is 10.2 Å². The highest BCUT2D eigenvalue weighted by Gasteiger charge is 2.19. The number of amides is 1. The van der Waals surface area contributed by atoms with Crippen molar-refractivity contribution in [2.75, 3.05) is 5.32 Å². The first kappa shape index (κ1) is 15.6. The van der Waals surface area contributed by atoms with E-state index in [1.165, 1.54) is 12.5 Å². The Kier molecular flexibility index (Phi) is 4.63. The second-order valence-electron chi connectivity index (χ2n) is 4.46. The van der Waals surface area contributed by atoms with Crippen LogP contribution in [0.3, 0.4) is 0 Å². The molecule has 3 aromatic heterocycles. The number of anilines is 1. The molecule has 3 rings (SSSR count). The standard InChI is InChI=1S/C14H11ClN4O3S/c1-8(12(20)17-11-5-4-9(15)7-16-11)23-14-19-18-13(22-14)10-3-2-6-21-10/h2-8H,1H3,(H,16,17,20)/t8-/m0/s1. The van der Waals surface area contributed by atoms with Gasteiger partial charge in [0.05, 0.1) is 16.5 Å². The molecule has 23 heavy (non-hydrogen) atoms. The molecular formula is C14H11ClN4O3S. The van der Waals surface area contributed by atoms with Crippen LogP contribution in [0.25, 0.3) is 11.7 Å². The zero-order valence-electron chi connectivity index (χ0n) is 11.9. The number of nitrogens with one attached hydrogen (secondary N) is 1. The van der Waals surface area contributed by atoms with Crippen molar-refractivity contribution in [2.24, 2.45) is 0 Å². The SMILES string of the molecule is C[C@H](Sc1nnc(-c2ccco2)o1)C(=O)Nc1ccc(Cl)cn1. The van der Waals surface area contributed by atoms with Crippen molar-refractivity contribution in [1.29, 1.82) is 0 Å². The Morgan fingerprint density at radius 1 is 1.35 bits per heavy atom. The molecule has 3 aromatic rings. The molecule has 0 radical (unpaired) electrons. The molecule has 0 aliphatic heterocycles. The van der Waals surface area contributed by atoms with Crippen molar-refractivity contribution in [3.8, 4) is 11.7 Å². The van der Waals surface area contributed by atoms with Gasteiger partial charge in [-0.2, -0.15) is 0 Å². The monoisotopic (exact) mass is 350 g/mol. The summed E-state index contributed by atoms with van der Waals surface area (Å²) in [5, 5.41) is 10.8. The highest BCUT2D eigenvalue weighted by Crippen LogP contribution is 2.26. The Labute approximate surface area is 140 Å². The van der Waals surface area contributed by atoms with Gasteiger partial charge in [0, 0.05) is 6.20 Å². The first-order valence-electron chi connectivity index (χ1n) is 6.58. The number of furan rings is 1. The van der Waals surface area contributed by atoms with Crippen LogP contribution in [0.5, 0.6) is 0 Å². The fraction of sp³-hybridized carbons (Fsp3) is 0.143. The lowest BCUT2D eigenvalue weighted by atomic mass is 10.4. The smallest absolute Gasteiger partial charge is 0.284 e. The molecule has 118 valence electrons. The van der Waals surface area contributed by atoms with E-state index >= 15 is 0 Å². The van der Waals surface area contributed by atoms with Gasteiger partial charge in [0.1, 0.15) is 5.82 Å². The number of carbonyl (C=O) groups is 1. The Balaban J connectivity index is 1.61. The topological polar surface area (TPSA) is 94.0 Å². The quantitative estimate of drug-likeness (QED) is 0.703. The maximum Gasteiger partial charge on any atom is 0.284 e. The minimum Gasteiger partial charge on any atom is -0.459 e. The molecule has 1 atom stereocenters. The van der Waals surface area contributed by atoms with Crippen molar-refractivity contribution >= 4 is 35.1 Å². The van der Waals surface area contributed by atoms with Crippen LogP contribution < -0.4 is 5.32 Å². The summed E-state index contributed by atoms with van der Waals surface area (Å²) in [6.45, 7) is 1.73. The third kappa shape index (κ3) is 3.91. The van der Waals surface area contributed by atoms with E-state index in [4.69, 9.17) is 20.4 Å². The van der Waals surface area contributed by atoms with E-state index in [1.807, 2.05) is 0 Å². The Morgan fingerprint density at radius 2 is 2.22 bits per heavy atom. The minimum atomic E-state index is -0.447. The molecule has 0 spiro atoms. The van der Waals surface area contributed by atoms with E-state index in [0.29, 0.717) is 16.6 Å². The maximum atomic E-state index is 12.1. The van der Waals surface area contributed by atoms with Gasteiger partial charge >= 0.3 is 0 Å². The number of thioether (sulfide) groups is 1. The van der Waals surface area contributed by atoms with Crippen molar-refractivity contribution in [2.45, 2.75) is 17.4 Å². The molecule has 7 nitrogen and oxygen atoms in total. The van der Waals surface area contributed by atoms with Gasteiger partial charge in [-0.05, 0) is 31.2 Å². The van der Waals surface area contributed by atoms with Crippen molar-refractivity contribution in [3.63, 3.8) is 0 Å². The number of aromatic nitrogens is 3. The van der Waals surface area contributed by atoms with Crippen molar-refractivity contribution in [3.05, 3.63) is 41.7 Å². The van der Waals surface area contributed by atoms with Gasteiger partial charge in [0.2, 0.25) is 5.91 Å². The summed E-state index contributed by atoms with van der Waals surface area (Å²) < 4.78 is 10.6. The van der Waals surface area contributed by atoms with E-state index in [-0.39, 0.29) is 17.0 Å². The van der Waals surface area contributed by atoms with E-state index in [2.05, 4.69) is 20.5 Å². The van der Waals surface area contributed by atoms with Crippen LogP contribution in [0.15, 0.2) is 50.8 Å². The predicted octanol–water partition coefficient (Wildman–Crippen LogP) is 3.50. The van der Waals surface area contributed by atoms with Gasteiger partial charge in [0.15, 0.2) is 5.76 Å². The molecular weight excluding hydrogens is 340 g/mol. The van der Waals surface area contributed by atoms with Gasteiger partial charge in [0.25, 0.3) is 11.1 Å². The van der Waals surface area contributed by atoms with Crippen LogP contribution in [0.1, 0.15) is 6.92 Å². The largest absolute Gasteiger partial charge is 0.459 e. The van der Waals surface area contributed by atoms with Gasteiger partial charge in [-0.1, -0.05) is 23.4 Å². The number of carbonyl (C=O) groups excluding carboxylic acids is 1. The zero-order chi connectivity index (χ0) is 16.2. The van der Waals surface area contributed by atoms with Crippen LogP contribution in [0.4, 0.5) is 5.82 Å². The second-order valence-corrected chi connectivity index (χ2v) is 6.19. The normalized spacial score (nSPS) is 12.1. The number of halogens is 1. The van der Waals surface area contributed by atoms with E-state index in [0.717, 1.165) is 11.8 Å². The first-order valence-corrected chi connectivity index (χ1v) is 7.84. The minimum absolute atomic E-state index is 0.234.